The van der Waals surface area contributed by atoms with Gasteiger partial charge in [0.15, 0.2) is 5.69 Å². The topological polar surface area (TPSA) is 106 Å². The molecule has 0 unspecified atom stereocenters. The standard InChI is InChI=1S/C19H18N4O4/c1-13-9-15(27-12-14-5-3-2-4-6-14)7-8-16(13)20-19(26)17-10-23(22-21-17)11-18(24)25/h2-10H,11-12H2,1H3,(H,20,26)(H,24,25). The molecule has 0 radical (unpaired) electrons. The number of rotatable bonds is 7. The summed E-state index contributed by atoms with van der Waals surface area (Å²) in [5.74, 6) is -0.830. The molecule has 138 valence electrons. The number of carboxylic acid groups (broad SMARTS) is 1. The first-order valence-corrected chi connectivity index (χ1v) is 8.22. The van der Waals surface area contributed by atoms with Crippen molar-refractivity contribution in [3.8, 4) is 5.75 Å². The third-order valence-corrected chi connectivity index (χ3v) is 3.76. The van der Waals surface area contributed by atoms with Gasteiger partial charge in [-0.05, 0) is 36.2 Å². The van der Waals surface area contributed by atoms with Crippen LogP contribution in [0.3, 0.4) is 0 Å². The number of aryl methyl sites for hydroxylation is 1. The maximum absolute atomic E-state index is 12.3. The Morgan fingerprint density at radius 3 is 2.67 bits per heavy atom. The number of ether oxygens (including phenoxy) is 1. The number of aromatic nitrogens is 3. The largest absolute Gasteiger partial charge is 0.489 e. The Hall–Kier alpha value is -3.68. The van der Waals surface area contributed by atoms with Crippen molar-refractivity contribution in [1.82, 2.24) is 15.0 Å². The van der Waals surface area contributed by atoms with Crippen LogP contribution in [0.5, 0.6) is 5.75 Å². The summed E-state index contributed by atoms with van der Waals surface area (Å²) in [6, 6.07) is 15.2. The van der Waals surface area contributed by atoms with Gasteiger partial charge >= 0.3 is 5.97 Å². The lowest BCUT2D eigenvalue weighted by Crippen LogP contribution is -2.13. The third kappa shape index (κ3) is 4.91. The highest BCUT2D eigenvalue weighted by Gasteiger charge is 2.13. The van der Waals surface area contributed by atoms with Gasteiger partial charge in [-0.3, -0.25) is 9.59 Å². The van der Waals surface area contributed by atoms with Crippen LogP contribution in [-0.4, -0.2) is 32.0 Å². The van der Waals surface area contributed by atoms with Gasteiger partial charge in [0, 0.05) is 5.69 Å². The molecule has 0 fully saturated rings. The molecule has 2 N–H and O–H groups in total. The highest BCUT2D eigenvalue weighted by molar-refractivity contribution is 6.03. The van der Waals surface area contributed by atoms with Gasteiger partial charge in [-0.25, -0.2) is 4.68 Å². The molecule has 1 aromatic heterocycles. The van der Waals surface area contributed by atoms with Gasteiger partial charge < -0.3 is 15.2 Å². The first-order valence-electron chi connectivity index (χ1n) is 8.22. The summed E-state index contributed by atoms with van der Waals surface area (Å²) in [6.07, 6.45) is 1.29. The first-order chi connectivity index (χ1) is 13.0. The Morgan fingerprint density at radius 1 is 1.19 bits per heavy atom. The quantitative estimate of drug-likeness (QED) is 0.665. The van der Waals surface area contributed by atoms with Crippen molar-refractivity contribution < 1.29 is 19.4 Å². The highest BCUT2D eigenvalue weighted by Crippen LogP contribution is 2.22. The molecule has 2 aromatic carbocycles. The molecule has 0 spiro atoms. The van der Waals surface area contributed by atoms with Crippen LogP contribution >= 0.6 is 0 Å². The second-order valence-corrected chi connectivity index (χ2v) is 5.90. The predicted molar refractivity (Wildman–Crippen MR) is 97.6 cm³/mol. The molecule has 3 aromatic rings. The number of benzene rings is 2. The lowest BCUT2D eigenvalue weighted by molar-refractivity contribution is -0.137. The number of aliphatic carboxylic acids is 1. The fourth-order valence-corrected chi connectivity index (χ4v) is 2.41. The van der Waals surface area contributed by atoms with Crippen molar-refractivity contribution in [2.24, 2.45) is 0 Å². The molecule has 0 aliphatic carbocycles. The molecule has 8 heteroatoms. The molecule has 1 amide bonds. The molecular weight excluding hydrogens is 348 g/mol. The van der Waals surface area contributed by atoms with Gasteiger partial charge in [0.1, 0.15) is 18.9 Å². The Kier molecular flexibility index (Phi) is 5.46. The summed E-state index contributed by atoms with van der Waals surface area (Å²) in [4.78, 5) is 22.9. The monoisotopic (exact) mass is 366 g/mol. The number of nitrogens with zero attached hydrogens (tertiary/aromatic N) is 3. The van der Waals surface area contributed by atoms with E-state index in [0.717, 1.165) is 15.8 Å². The van der Waals surface area contributed by atoms with Crippen LogP contribution in [0.15, 0.2) is 54.7 Å². The molecule has 0 saturated carbocycles. The number of anilines is 1. The average Bonchev–Trinajstić information content (AvgIpc) is 3.11. The molecular formula is C19H18N4O4. The SMILES string of the molecule is Cc1cc(OCc2ccccc2)ccc1NC(=O)c1cn(CC(=O)O)nn1. The predicted octanol–water partition coefficient (Wildman–Crippen LogP) is 2.50. The van der Waals surface area contributed by atoms with Crippen LogP contribution in [0, 0.1) is 6.92 Å². The van der Waals surface area contributed by atoms with E-state index < -0.39 is 11.9 Å². The summed E-state index contributed by atoms with van der Waals surface area (Å²) < 4.78 is 6.85. The van der Waals surface area contributed by atoms with Crippen LogP contribution in [0.25, 0.3) is 0 Å². The Morgan fingerprint density at radius 2 is 1.96 bits per heavy atom. The van der Waals surface area contributed by atoms with E-state index in [9.17, 15) is 9.59 Å². The maximum atomic E-state index is 12.3. The summed E-state index contributed by atoms with van der Waals surface area (Å²) >= 11 is 0. The fraction of sp³-hybridized carbons (Fsp3) is 0.158. The van der Waals surface area contributed by atoms with E-state index >= 15 is 0 Å². The zero-order valence-electron chi connectivity index (χ0n) is 14.6. The van der Waals surface area contributed by atoms with Crippen LogP contribution in [-0.2, 0) is 17.9 Å². The maximum Gasteiger partial charge on any atom is 0.325 e. The lowest BCUT2D eigenvalue weighted by atomic mass is 10.2. The third-order valence-electron chi connectivity index (χ3n) is 3.76. The van der Waals surface area contributed by atoms with Crippen molar-refractivity contribution >= 4 is 17.6 Å². The number of hydrogen-bond acceptors (Lipinski definition) is 5. The van der Waals surface area contributed by atoms with Crippen molar-refractivity contribution in [2.75, 3.05) is 5.32 Å². The first kappa shape index (κ1) is 18.1. The molecule has 0 aliphatic rings. The number of nitrogens with one attached hydrogen (secondary N) is 1. The molecule has 1 heterocycles. The number of hydrogen-bond donors (Lipinski definition) is 2. The molecule has 8 nitrogen and oxygen atoms in total. The van der Waals surface area contributed by atoms with Gasteiger partial charge in [0.2, 0.25) is 0 Å². The van der Waals surface area contributed by atoms with Gasteiger partial charge in [0.05, 0.1) is 6.20 Å². The molecule has 0 bridgehead atoms. The van der Waals surface area contributed by atoms with Gasteiger partial charge in [0.25, 0.3) is 5.91 Å². The second kappa shape index (κ2) is 8.13. The molecule has 0 saturated heterocycles. The Bertz CT molecular complexity index is 953. The lowest BCUT2D eigenvalue weighted by Gasteiger charge is -2.11. The van der Waals surface area contributed by atoms with Crippen LogP contribution in [0.2, 0.25) is 0 Å². The van der Waals surface area contributed by atoms with E-state index in [0.29, 0.717) is 18.0 Å². The van der Waals surface area contributed by atoms with E-state index in [4.69, 9.17) is 9.84 Å². The van der Waals surface area contributed by atoms with Gasteiger partial charge in [-0.1, -0.05) is 35.5 Å². The Labute approximate surface area is 155 Å². The number of carbonyl (C=O) groups is 2. The molecule has 27 heavy (non-hydrogen) atoms. The van der Waals surface area contributed by atoms with E-state index in [2.05, 4.69) is 15.6 Å². The van der Waals surface area contributed by atoms with Gasteiger partial charge in [-0.2, -0.15) is 0 Å². The van der Waals surface area contributed by atoms with Crippen molar-refractivity contribution in [3.63, 3.8) is 0 Å². The smallest absolute Gasteiger partial charge is 0.325 e. The van der Waals surface area contributed by atoms with E-state index in [1.807, 2.05) is 43.3 Å². The minimum atomic E-state index is -1.06. The minimum absolute atomic E-state index is 0.0417. The zero-order chi connectivity index (χ0) is 19.2. The van der Waals surface area contributed by atoms with E-state index in [1.54, 1.807) is 12.1 Å². The summed E-state index contributed by atoms with van der Waals surface area (Å²) in [6.45, 7) is 1.96. The highest BCUT2D eigenvalue weighted by atomic mass is 16.5. The molecule has 0 aliphatic heterocycles. The van der Waals surface area contributed by atoms with E-state index in [1.165, 1.54) is 6.20 Å². The van der Waals surface area contributed by atoms with Gasteiger partial charge in [-0.15, -0.1) is 5.10 Å². The van der Waals surface area contributed by atoms with Crippen molar-refractivity contribution in [2.45, 2.75) is 20.1 Å². The summed E-state index contributed by atoms with van der Waals surface area (Å²) in [5.41, 5.74) is 2.55. The van der Waals surface area contributed by atoms with Crippen molar-refractivity contribution in [3.05, 3.63) is 71.5 Å². The summed E-state index contributed by atoms with van der Waals surface area (Å²) in [5, 5.41) is 18.8. The van der Waals surface area contributed by atoms with Crippen molar-refractivity contribution in [1.29, 1.82) is 0 Å². The van der Waals surface area contributed by atoms with Crippen LogP contribution in [0.1, 0.15) is 21.6 Å². The number of amides is 1. The number of carbonyl (C=O) groups excluding carboxylic acids is 1. The normalized spacial score (nSPS) is 10.4. The minimum Gasteiger partial charge on any atom is -0.489 e. The Balaban J connectivity index is 1.62. The van der Waals surface area contributed by atoms with Crippen LogP contribution < -0.4 is 10.1 Å². The molecule has 3 rings (SSSR count). The number of carboxylic acids is 1. The van der Waals surface area contributed by atoms with Crippen LogP contribution in [0.4, 0.5) is 5.69 Å². The zero-order valence-corrected chi connectivity index (χ0v) is 14.6. The second-order valence-electron chi connectivity index (χ2n) is 5.90. The molecule has 0 atom stereocenters. The summed E-state index contributed by atoms with van der Waals surface area (Å²) in [7, 11) is 0. The van der Waals surface area contributed by atoms with E-state index in [-0.39, 0.29) is 12.2 Å². The fourth-order valence-electron chi connectivity index (χ4n) is 2.41. The average molecular weight is 366 g/mol.